The van der Waals surface area contributed by atoms with E-state index in [0.29, 0.717) is 25.6 Å². The van der Waals surface area contributed by atoms with Crippen molar-refractivity contribution in [3.05, 3.63) is 0 Å². The molecule has 4 nitrogen and oxygen atoms in total. The predicted molar refractivity (Wildman–Crippen MR) is 116 cm³/mol. The first-order valence-corrected chi connectivity index (χ1v) is 11.9. The Balaban J connectivity index is 3.59. The SMILES string of the molecule is CCOC(=O)CCCCCCCCCCCCC(CC)C(CC)C(=O)OCC. The lowest BCUT2D eigenvalue weighted by Gasteiger charge is -2.23. The van der Waals surface area contributed by atoms with Gasteiger partial charge in [0.15, 0.2) is 0 Å². The van der Waals surface area contributed by atoms with E-state index in [2.05, 4.69) is 13.8 Å². The summed E-state index contributed by atoms with van der Waals surface area (Å²) in [5.74, 6) is 0.492. The number of unbranched alkanes of at least 4 members (excludes halogenated alkanes) is 9. The molecular formula is C24H46O4. The van der Waals surface area contributed by atoms with Crippen LogP contribution in [0, 0.1) is 11.8 Å². The van der Waals surface area contributed by atoms with E-state index in [4.69, 9.17) is 9.47 Å². The number of carbonyl (C=O) groups excluding carboxylic acids is 2. The van der Waals surface area contributed by atoms with Gasteiger partial charge >= 0.3 is 11.9 Å². The van der Waals surface area contributed by atoms with Gasteiger partial charge in [0.2, 0.25) is 0 Å². The monoisotopic (exact) mass is 398 g/mol. The molecule has 0 amide bonds. The first kappa shape index (κ1) is 26.9. The topological polar surface area (TPSA) is 52.6 Å². The molecule has 28 heavy (non-hydrogen) atoms. The maximum Gasteiger partial charge on any atom is 0.309 e. The molecule has 0 bridgehead atoms. The van der Waals surface area contributed by atoms with Crippen molar-refractivity contribution >= 4 is 11.9 Å². The van der Waals surface area contributed by atoms with Gasteiger partial charge in [0.1, 0.15) is 0 Å². The minimum absolute atomic E-state index is 0.000828. The van der Waals surface area contributed by atoms with Gasteiger partial charge in [0, 0.05) is 6.42 Å². The molecule has 0 heterocycles. The van der Waals surface area contributed by atoms with E-state index in [1.165, 1.54) is 51.4 Å². The highest BCUT2D eigenvalue weighted by Crippen LogP contribution is 2.27. The summed E-state index contributed by atoms with van der Waals surface area (Å²) in [7, 11) is 0. The highest BCUT2D eigenvalue weighted by molar-refractivity contribution is 5.72. The molecule has 0 N–H and O–H groups in total. The molecule has 0 aromatic heterocycles. The van der Waals surface area contributed by atoms with Crippen LogP contribution in [0.1, 0.15) is 118 Å². The van der Waals surface area contributed by atoms with Crippen molar-refractivity contribution in [2.75, 3.05) is 13.2 Å². The quantitative estimate of drug-likeness (QED) is 0.176. The Morgan fingerprint density at radius 1 is 0.643 bits per heavy atom. The second-order valence-electron chi connectivity index (χ2n) is 7.81. The van der Waals surface area contributed by atoms with Crippen LogP contribution >= 0.6 is 0 Å². The predicted octanol–water partition coefficient (Wildman–Crippen LogP) is 6.85. The van der Waals surface area contributed by atoms with E-state index in [1.807, 2.05) is 13.8 Å². The molecule has 0 saturated carbocycles. The maximum atomic E-state index is 12.1. The van der Waals surface area contributed by atoms with Crippen molar-refractivity contribution in [1.29, 1.82) is 0 Å². The molecule has 0 aliphatic carbocycles. The van der Waals surface area contributed by atoms with E-state index in [-0.39, 0.29) is 17.9 Å². The fraction of sp³-hybridized carbons (Fsp3) is 0.917. The summed E-state index contributed by atoms with van der Waals surface area (Å²) in [6.07, 6.45) is 16.0. The van der Waals surface area contributed by atoms with E-state index in [0.717, 1.165) is 32.1 Å². The van der Waals surface area contributed by atoms with E-state index in [9.17, 15) is 9.59 Å². The van der Waals surface area contributed by atoms with Gasteiger partial charge in [-0.15, -0.1) is 0 Å². The van der Waals surface area contributed by atoms with Gasteiger partial charge in [-0.1, -0.05) is 78.1 Å². The van der Waals surface area contributed by atoms with Crippen LogP contribution in [-0.4, -0.2) is 25.2 Å². The summed E-state index contributed by atoms with van der Waals surface area (Å²) >= 11 is 0. The van der Waals surface area contributed by atoms with E-state index >= 15 is 0 Å². The lowest BCUT2D eigenvalue weighted by molar-refractivity contribution is -0.150. The standard InChI is InChI=1S/C24H46O4/c1-5-21(22(6-2)24(26)28-8-4)19-17-15-13-11-9-10-12-14-16-18-20-23(25)27-7-3/h21-22H,5-20H2,1-4H3. The van der Waals surface area contributed by atoms with Crippen LogP contribution in [-0.2, 0) is 19.1 Å². The van der Waals surface area contributed by atoms with Crippen LogP contribution in [0.3, 0.4) is 0 Å². The Kier molecular flexibility index (Phi) is 18.5. The molecule has 0 aliphatic heterocycles. The first-order chi connectivity index (χ1) is 13.6. The molecule has 2 unspecified atom stereocenters. The highest BCUT2D eigenvalue weighted by Gasteiger charge is 2.26. The maximum absolute atomic E-state index is 12.1. The summed E-state index contributed by atoms with van der Waals surface area (Å²) in [5, 5.41) is 0. The molecule has 0 radical (unpaired) electrons. The number of hydrogen-bond acceptors (Lipinski definition) is 4. The van der Waals surface area contributed by atoms with Crippen molar-refractivity contribution in [3.63, 3.8) is 0 Å². The van der Waals surface area contributed by atoms with Crippen LogP contribution in [0.15, 0.2) is 0 Å². The zero-order valence-corrected chi connectivity index (χ0v) is 19.1. The van der Waals surface area contributed by atoms with Gasteiger partial charge in [0.25, 0.3) is 0 Å². The van der Waals surface area contributed by atoms with Gasteiger partial charge in [-0.05, 0) is 39.0 Å². The lowest BCUT2D eigenvalue weighted by Crippen LogP contribution is -2.25. The number of esters is 2. The average molecular weight is 399 g/mol. The number of carbonyl (C=O) groups is 2. The molecular weight excluding hydrogens is 352 g/mol. The highest BCUT2D eigenvalue weighted by atomic mass is 16.5. The second kappa shape index (κ2) is 19.3. The zero-order valence-electron chi connectivity index (χ0n) is 19.1. The molecule has 4 heteroatoms. The molecule has 0 fully saturated rings. The Hall–Kier alpha value is -1.06. The van der Waals surface area contributed by atoms with Crippen molar-refractivity contribution in [2.24, 2.45) is 11.8 Å². The van der Waals surface area contributed by atoms with Crippen molar-refractivity contribution in [3.8, 4) is 0 Å². The summed E-state index contributed by atoms with van der Waals surface area (Å²) in [4.78, 5) is 23.3. The zero-order chi connectivity index (χ0) is 21.0. The lowest BCUT2D eigenvalue weighted by atomic mass is 9.84. The Labute approximate surface area is 174 Å². The third-order valence-corrected chi connectivity index (χ3v) is 5.63. The van der Waals surface area contributed by atoms with Gasteiger partial charge in [0.05, 0.1) is 19.1 Å². The van der Waals surface area contributed by atoms with Gasteiger partial charge in [-0.2, -0.15) is 0 Å². The molecule has 0 spiro atoms. The molecule has 0 aliphatic rings. The van der Waals surface area contributed by atoms with Crippen LogP contribution in [0.2, 0.25) is 0 Å². The van der Waals surface area contributed by atoms with Crippen molar-refractivity contribution < 1.29 is 19.1 Å². The molecule has 0 aromatic carbocycles. The fourth-order valence-corrected chi connectivity index (χ4v) is 3.95. The largest absolute Gasteiger partial charge is 0.466 e. The normalized spacial score (nSPS) is 13.1. The van der Waals surface area contributed by atoms with Gasteiger partial charge in [-0.3, -0.25) is 9.59 Å². The third-order valence-electron chi connectivity index (χ3n) is 5.63. The Bertz CT molecular complexity index is 381. The first-order valence-electron chi connectivity index (χ1n) is 11.9. The molecule has 0 saturated heterocycles. The smallest absolute Gasteiger partial charge is 0.309 e. The van der Waals surface area contributed by atoms with Crippen molar-refractivity contribution in [1.82, 2.24) is 0 Å². The number of rotatable bonds is 19. The minimum Gasteiger partial charge on any atom is -0.466 e. The molecule has 166 valence electrons. The minimum atomic E-state index is -0.0553. The average Bonchev–Trinajstić information content (AvgIpc) is 2.68. The van der Waals surface area contributed by atoms with E-state index < -0.39 is 0 Å². The second-order valence-corrected chi connectivity index (χ2v) is 7.81. The molecule has 2 atom stereocenters. The summed E-state index contributed by atoms with van der Waals surface area (Å²) in [6, 6.07) is 0. The van der Waals surface area contributed by atoms with Crippen LogP contribution in [0.25, 0.3) is 0 Å². The Morgan fingerprint density at radius 3 is 1.61 bits per heavy atom. The Morgan fingerprint density at radius 2 is 1.14 bits per heavy atom. The molecule has 0 aromatic rings. The third kappa shape index (κ3) is 14.0. The fourth-order valence-electron chi connectivity index (χ4n) is 3.95. The van der Waals surface area contributed by atoms with Crippen LogP contribution < -0.4 is 0 Å². The van der Waals surface area contributed by atoms with Crippen LogP contribution in [0.4, 0.5) is 0 Å². The summed E-state index contributed by atoms with van der Waals surface area (Å²) in [5.41, 5.74) is 0. The molecule has 0 rings (SSSR count). The summed E-state index contributed by atoms with van der Waals surface area (Å²) in [6.45, 7) is 9.00. The van der Waals surface area contributed by atoms with Crippen LogP contribution in [0.5, 0.6) is 0 Å². The number of hydrogen-bond donors (Lipinski definition) is 0. The van der Waals surface area contributed by atoms with E-state index in [1.54, 1.807) is 0 Å². The number of ether oxygens (including phenoxy) is 2. The van der Waals surface area contributed by atoms with Gasteiger partial charge in [-0.25, -0.2) is 0 Å². The summed E-state index contributed by atoms with van der Waals surface area (Å²) < 4.78 is 10.2. The van der Waals surface area contributed by atoms with Gasteiger partial charge < -0.3 is 9.47 Å². The van der Waals surface area contributed by atoms with Crippen molar-refractivity contribution in [2.45, 2.75) is 118 Å².